The van der Waals surface area contributed by atoms with Crippen molar-refractivity contribution < 1.29 is 9.00 Å². The number of nitrogens with one attached hydrogen (secondary N) is 1. The number of rotatable bonds is 4. The summed E-state index contributed by atoms with van der Waals surface area (Å²) in [6.07, 6.45) is 1.39. The minimum Gasteiger partial charge on any atom is -0.321 e. The van der Waals surface area contributed by atoms with Gasteiger partial charge in [-0.3, -0.25) is 22.9 Å². The van der Waals surface area contributed by atoms with E-state index in [1.807, 2.05) is 13.8 Å². The molecule has 0 radical (unpaired) electrons. The van der Waals surface area contributed by atoms with Gasteiger partial charge >= 0.3 is 5.69 Å². The number of carbonyl (C=O) groups is 1. The number of benzene rings is 1. The quantitative estimate of drug-likeness (QED) is 0.713. The highest BCUT2D eigenvalue weighted by Gasteiger charge is 2.13. The normalized spacial score (nSPS) is 12.3. The lowest BCUT2D eigenvalue weighted by Gasteiger charge is -2.10. The van der Waals surface area contributed by atoms with Gasteiger partial charge in [0.15, 0.2) is 0 Å². The average molecular weight is 400 g/mol. The number of carbonyl (C=O) groups excluding carboxylic acids is 1. The molecule has 146 valence electrons. The number of aryl methyl sites for hydroxylation is 1. The number of fused-ring (bicyclic) bond motifs is 1. The van der Waals surface area contributed by atoms with Gasteiger partial charge in [-0.2, -0.15) is 0 Å². The molecule has 0 aliphatic carbocycles. The summed E-state index contributed by atoms with van der Waals surface area (Å²) in [5.41, 5.74) is 0.00976. The standard InChI is InChI=1S/C19H20N4O4S/c1-11(2)28(27)14-7-5-12(6-8-14)17(24)21-13-9-15-16(20-10-13)22(3)19(26)23(4)18(15)25/h5-11H,1-4H3,(H,21,24)/t28-/m1/s1. The molecule has 1 aromatic carbocycles. The molecule has 2 heterocycles. The molecule has 0 aliphatic heterocycles. The van der Waals surface area contributed by atoms with Crippen LogP contribution in [0.5, 0.6) is 0 Å². The zero-order valence-corrected chi connectivity index (χ0v) is 16.7. The van der Waals surface area contributed by atoms with Crippen molar-refractivity contribution in [1.82, 2.24) is 14.1 Å². The molecule has 1 N–H and O–H groups in total. The molecule has 0 spiro atoms. The van der Waals surface area contributed by atoms with Crippen LogP contribution in [0.25, 0.3) is 11.0 Å². The number of pyridine rings is 1. The van der Waals surface area contributed by atoms with Gasteiger partial charge in [0, 0.05) is 29.8 Å². The summed E-state index contributed by atoms with van der Waals surface area (Å²) < 4.78 is 14.4. The number of hydrogen-bond acceptors (Lipinski definition) is 5. The predicted molar refractivity (Wildman–Crippen MR) is 108 cm³/mol. The summed E-state index contributed by atoms with van der Waals surface area (Å²) in [4.78, 5) is 41.6. The van der Waals surface area contributed by atoms with Gasteiger partial charge in [-0.15, -0.1) is 0 Å². The van der Waals surface area contributed by atoms with Crippen LogP contribution in [0.1, 0.15) is 24.2 Å². The monoisotopic (exact) mass is 400 g/mol. The van der Waals surface area contributed by atoms with Crippen molar-refractivity contribution in [3.05, 3.63) is 62.9 Å². The number of aromatic nitrogens is 3. The maximum atomic E-state index is 12.5. The van der Waals surface area contributed by atoms with Crippen LogP contribution in [0.15, 0.2) is 51.0 Å². The second kappa shape index (κ2) is 7.51. The highest BCUT2D eigenvalue weighted by Crippen LogP contribution is 2.16. The molecule has 0 unspecified atom stereocenters. The Hall–Kier alpha value is -3.07. The van der Waals surface area contributed by atoms with Crippen LogP contribution < -0.4 is 16.6 Å². The van der Waals surface area contributed by atoms with Crippen LogP contribution in [0.2, 0.25) is 0 Å². The SMILES string of the molecule is CC(C)[S@@](=O)c1ccc(C(=O)Nc2cnc3c(c2)c(=O)n(C)c(=O)n3C)cc1. The third-order valence-electron chi connectivity index (χ3n) is 4.33. The van der Waals surface area contributed by atoms with E-state index < -0.39 is 22.0 Å². The Labute approximate surface area is 163 Å². The molecule has 2 aromatic heterocycles. The average Bonchev–Trinajstić information content (AvgIpc) is 2.70. The maximum absolute atomic E-state index is 12.5. The highest BCUT2D eigenvalue weighted by molar-refractivity contribution is 7.85. The molecule has 0 aliphatic rings. The molecule has 3 rings (SSSR count). The second-order valence-electron chi connectivity index (χ2n) is 6.63. The van der Waals surface area contributed by atoms with E-state index in [4.69, 9.17) is 0 Å². The lowest BCUT2D eigenvalue weighted by molar-refractivity contribution is 0.102. The highest BCUT2D eigenvalue weighted by atomic mass is 32.2. The summed E-state index contributed by atoms with van der Waals surface area (Å²) in [5.74, 6) is -0.385. The van der Waals surface area contributed by atoms with Gasteiger partial charge in [-0.1, -0.05) is 13.8 Å². The van der Waals surface area contributed by atoms with Crippen molar-refractivity contribution in [2.24, 2.45) is 14.1 Å². The first-order valence-electron chi connectivity index (χ1n) is 8.58. The fraction of sp³-hybridized carbons (Fsp3) is 0.263. The first kappa shape index (κ1) is 19.7. The third kappa shape index (κ3) is 3.53. The molecular weight excluding hydrogens is 380 g/mol. The summed E-state index contributed by atoms with van der Waals surface area (Å²) >= 11 is 0. The zero-order chi connectivity index (χ0) is 20.6. The van der Waals surface area contributed by atoms with Crippen LogP contribution >= 0.6 is 0 Å². The number of amides is 1. The Kier molecular flexibility index (Phi) is 5.28. The Bertz CT molecular complexity index is 1210. The van der Waals surface area contributed by atoms with Crippen molar-refractivity contribution in [1.29, 1.82) is 0 Å². The maximum Gasteiger partial charge on any atom is 0.332 e. The van der Waals surface area contributed by atoms with Gasteiger partial charge in [-0.25, -0.2) is 9.78 Å². The summed E-state index contributed by atoms with van der Waals surface area (Å²) in [6, 6.07) is 8.01. The molecule has 0 saturated heterocycles. The Morgan fingerprint density at radius 1 is 1.11 bits per heavy atom. The van der Waals surface area contributed by atoms with Gasteiger partial charge in [-0.05, 0) is 30.3 Å². The lowest BCUT2D eigenvalue weighted by Crippen LogP contribution is -2.37. The topological polar surface area (TPSA) is 103 Å². The van der Waals surface area contributed by atoms with E-state index in [1.165, 1.54) is 30.9 Å². The molecule has 0 bridgehead atoms. The van der Waals surface area contributed by atoms with E-state index in [0.717, 1.165) is 4.57 Å². The second-order valence-corrected chi connectivity index (χ2v) is 8.63. The molecule has 0 saturated carbocycles. The van der Waals surface area contributed by atoms with E-state index in [9.17, 15) is 18.6 Å². The third-order valence-corrected chi connectivity index (χ3v) is 5.92. The molecule has 3 aromatic rings. The van der Waals surface area contributed by atoms with Crippen molar-refractivity contribution >= 4 is 33.4 Å². The van der Waals surface area contributed by atoms with Crippen molar-refractivity contribution in [2.45, 2.75) is 24.0 Å². The molecular formula is C19H20N4O4S. The molecule has 28 heavy (non-hydrogen) atoms. The van der Waals surface area contributed by atoms with Gasteiger partial charge < -0.3 is 5.32 Å². The van der Waals surface area contributed by atoms with Gasteiger partial charge in [0.1, 0.15) is 5.65 Å². The fourth-order valence-electron chi connectivity index (χ4n) is 2.75. The van der Waals surface area contributed by atoms with Crippen molar-refractivity contribution in [3.8, 4) is 0 Å². The molecule has 8 nitrogen and oxygen atoms in total. The van der Waals surface area contributed by atoms with E-state index in [0.29, 0.717) is 16.1 Å². The van der Waals surface area contributed by atoms with Crippen LogP contribution in [0.3, 0.4) is 0 Å². The Balaban J connectivity index is 1.90. The van der Waals surface area contributed by atoms with Crippen molar-refractivity contribution in [3.63, 3.8) is 0 Å². The van der Waals surface area contributed by atoms with E-state index in [1.54, 1.807) is 24.3 Å². The fourth-order valence-corrected chi connectivity index (χ4v) is 3.70. The lowest BCUT2D eigenvalue weighted by atomic mass is 10.2. The number of hydrogen-bond donors (Lipinski definition) is 1. The summed E-state index contributed by atoms with van der Waals surface area (Å²) in [6.45, 7) is 3.73. The van der Waals surface area contributed by atoms with Crippen molar-refractivity contribution in [2.75, 3.05) is 5.32 Å². The van der Waals surface area contributed by atoms with Gasteiger partial charge in [0.2, 0.25) is 0 Å². The zero-order valence-electron chi connectivity index (χ0n) is 15.9. The Morgan fingerprint density at radius 3 is 2.36 bits per heavy atom. The van der Waals surface area contributed by atoms with E-state index in [-0.39, 0.29) is 22.2 Å². The first-order chi connectivity index (χ1) is 13.2. The smallest absolute Gasteiger partial charge is 0.321 e. The van der Waals surface area contributed by atoms with Gasteiger partial charge in [0.05, 0.1) is 28.1 Å². The summed E-state index contributed by atoms with van der Waals surface area (Å²) in [5, 5.41) is 2.90. The minimum atomic E-state index is -1.13. The molecule has 1 amide bonds. The van der Waals surface area contributed by atoms with Crippen LogP contribution in [0, 0.1) is 0 Å². The van der Waals surface area contributed by atoms with E-state index in [2.05, 4.69) is 10.3 Å². The minimum absolute atomic E-state index is 0.0121. The summed E-state index contributed by atoms with van der Waals surface area (Å²) in [7, 11) is 1.79. The van der Waals surface area contributed by atoms with Gasteiger partial charge in [0.25, 0.3) is 11.5 Å². The van der Waals surface area contributed by atoms with Crippen LogP contribution in [0.4, 0.5) is 5.69 Å². The van der Waals surface area contributed by atoms with E-state index >= 15 is 0 Å². The number of anilines is 1. The van der Waals surface area contributed by atoms with Crippen LogP contribution in [-0.2, 0) is 24.9 Å². The Morgan fingerprint density at radius 2 is 1.75 bits per heavy atom. The number of nitrogens with zero attached hydrogens (tertiary/aromatic N) is 3. The first-order valence-corrected chi connectivity index (χ1v) is 9.79. The molecule has 0 fully saturated rings. The molecule has 1 atom stereocenters. The molecule has 9 heteroatoms. The van der Waals surface area contributed by atoms with Crippen LogP contribution in [-0.4, -0.2) is 29.5 Å². The largest absolute Gasteiger partial charge is 0.332 e. The predicted octanol–water partition coefficient (Wildman–Crippen LogP) is 1.40.